The summed E-state index contributed by atoms with van der Waals surface area (Å²) in [5.74, 6) is 1.63. The van der Waals surface area contributed by atoms with Gasteiger partial charge in [0.25, 0.3) is 0 Å². The zero-order chi connectivity index (χ0) is 19.3. The Balaban J connectivity index is 1.54. The van der Waals surface area contributed by atoms with E-state index in [9.17, 15) is 4.79 Å². The van der Waals surface area contributed by atoms with E-state index >= 15 is 0 Å². The number of oxazole rings is 1. The largest absolute Gasteiger partial charge is 0.440 e. The van der Waals surface area contributed by atoms with E-state index in [1.165, 1.54) is 0 Å². The molecule has 6 heteroatoms. The first-order valence-corrected chi connectivity index (χ1v) is 9.11. The number of nitrogens with one attached hydrogen (secondary N) is 2. The standard InChI is InChI=1S/C22H20N4O2/c1-15-14-18(26-25-15)23-19(27)12-13-20-24-21(16-8-4-2-5-9-16)22(28-20)17-10-6-3-7-11-17/h2-11,14H,12-13H2,1H3,(H2,23,25,26,27). The predicted octanol–water partition coefficient (Wildman–Crippen LogP) is 4.61. The van der Waals surface area contributed by atoms with Crippen LogP contribution in [0.4, 0.5) is 5.82 Å². The number of amides is 1. The first-order valence-electron chi connectivity index (χ1n) is 9.11. The Morgan fingerprint density at radius 1 is 1.04 bits per heavy atom. The Morgan fingerprint density at radius 3 is 2.36 bits per heavy atom. The molecule has 0 radical (unpaired) electrons. The molecule has 0 aliphatic heterocycles. The van der Waals surface area contributed by atoms with Crippen LogP contribution in [0.15, 0.2) is 71.1 Å². The molecule has 2 aromatic carbocycles. The van der Waals surface area contributed by atoms with Crippen molar-refractivity contribution < 1.29 is 9.21 Å². The van der Waals surface area contributed by atoms with Gasteiger partial charge in [-0.2, -0.15) is 5.10 Å². The molecule has 0 bridgehead atoms. The van der Waals surface area contributed by atoms with Gasteiger partial charge in [0, 0.05) is 35.7 Å². The van der Waals surface area contributed by atoms with Crippen LogP contribution in [-0.2, 0) is 11.2 Å². The van der Waals surface area contributed by atoms with Gasteiger partial charge in [0.15, 0.2) is 17.5 Å². The summed E-state index contributed by atoms with van der Waals surface area (Å²) < 4.78 is 6.05. The second kappa shape index (κ2) is 7.92. The van der Waals surface area contributed by atoms with Gasteiger partial charge in [0.2, 0.25) is 5.91 Å². The Morgan fingerprint density at radius 2 is 1.71 bits per heavy atom. The minimum Gasteiger partial charge on any atom is -0.440 e. The van der Waals surface area contributed by atoms with Crippen LogP contribution in [0, 0.1) is 6.92 Å². The number of rotatable bonds is 6. The highest BCUT2D eigenvalue weighted by atomic mass is 16.4. The fourth-order valence-electron chi connectivity index (χ4n) is 2.96. The molecule has 0 aliphatic rings. The second-order valence-electron chi connectivity index (χ2n) is 6.50. The van der Waals surface area contributed by atoms with Crippen LogP contribution in [-0.4, -0.2) is 21.1 Å². The van der Waals surface area contributed by atoms with E-state index < -0.39 is 0 Å². The molecule has 0 unspecified atom stereocenters. The van der Waals surface area contributed by atoms with Crippen LogP contribution in [0.2, 0.25) is 0 Å². The van der Waals surface area contributed by atoms with Crippen molar-refractivity contribution in [3.05, 3.63) is 78.3 Å². The highest BCUT2D eigenvalue weighted by molar-refractivity contribution is 5.89. The molecule has 0 saturated carbocycles. The maximum atomic E-state index is 12.2. The number of H-pyrrole nitrogens is 1. The minimum absolute atomic E-state index is 0.132. The zero-order valence-electron chi connectivity index (χ0n) is 15.5. The van der Waals surface area contributed by atoms with Gasteiger partial charge in [-0.05, 0) is 6.92 Å². The molecule has 2 aromatic heterocycles. The maximum absolute atomic E-state index is 12.2. The minimum atomic E-state index is -0.132. The van der Waals surface area contributed by atoms with E-state index in [1.807, 2.05) is 67.6 Å². The third kappa shape index (κ3) is 4.01. The summed E-state index contributed by atoms with van der Waals surface area (Å²) in [4.78, 5) is 16.9. The fourth-order valence-corrected chi connectivity index (χ4v) is 2.96. The monoisotopic (exact) mass is 372 g/mol. The van der Waals surface area contributed by atoms with Gasteiger partial charge in [0.05, 0.1) is 0 Å². The molecule has 0 spiro atoms. The van der Waals surface area contributed by atoms with Gasteiger partial charge in [-0.15, -0.1) is 0 Å². The van der Waals surface area contributed by atoms with Crippen molar-refractivity contribution in [2.75, 3.05) is 5.32 Å². The summed E-state index contributed by atoms with van der Waals surface area (Å²) >= 11 is 0. The number of hydrogen-bond donors (Lipinski definition) is 2. The predicted molar refractivity (Wildman–Crippen MR) is 108 cm³/mol. The lowest BCUT2D eigenvalue weighted by Gasteiger charge is -2.01. The molecular weight excluding hydrogens is 352 g/mol. The number of aromatic amines is 1. The third-order valence-electron chi connectivity index (χ3n) is 4.29. The maximum Gasteiger partial charge on any atom is 0.226 e. The van der Waals surface area contributed by atoms with E-state index in [0.29, 0.717) is 23.9 Å². The van der Waals surface area contributed by atoms with Gasteiger partial charge in [0.1, 0.15) is 5.69 Å². The molecule has 28 heavy (non-hydrogen) atoms. The van der Waals surface area contributed by atoms with E-state index in [0.717, 1.165) is 22.5 Å². The van der Waals surface area contributed by atoms with Crippen LogP contribution < -0.4 is 5.32 Å². The molecule has 0 saturated heterocycles. The summed E-state index contributed by atoms with van der Waals surface area (Å²) in [6, 6.07) is 21.6. The summed E-state index contributed by atoms with van der Waals surface area (Å²) in [7, 11) is 0. The van der Waals surface area contributed by atoms with Crippen LogP contribution in [0.5, 0.6) is 0 Å². The molecule has 4 rings (SSSR count). The average molecular weight is 372 g/mol. The summed E-state index contributed by atoms with van der Waals surface area (Å²) in [6.07, 6.45) is 0.663. The smallest absolute Gasteiger partial charge is 0.226 e. The van der Waals surface area contributed by atoms with Gasteiger partial charge in [-0.25, -0.2) is 4.98 Å². The Hall–Kier alpha value is -3.67. The Labute approximate surface area is 162 Å². The lowest BCUT2D eigenvalue weighted by Crippen LogP contribution is -2.12. The Kier molecular flexibility index (Phi) is 5.01. The number of hydrogen-bond acceptors (Lipinski definition) is 4. The molecule has 2 heterocycles. The van der Waals surface area contributed by atoms with Crippen LogP contribution in [0.1, 0.15) is 18.0 Å². The molecule has 0 aliphatic carbocycles. The second-order valence-corrected chi connectivity index (χ2v) is 6.50. The van der Waals surface area contributed by atoms with Crippen molar-refractivity contribution in [1.82, 2.24) is 15.2 Å². The summed E-state index contributed by atoms with van der Waals surface area (Å²) in [5.41, 5.74) is 3.61. The van der Waals surface area contributed by atoms with Crippen LogP contribution in [0.25, 0.3) is 22.6 Å². The van der Waals surface area contributed by atoms with Gasteiger partial charge < -0.3 is 9.73 Å². The van der Waals surface area contributed by atoms with Crippen molar-refractivity contribution in [1.29, 1.82) is 0 Å². The number of aromatic nitrogens is 3. The molecule has 0 atom stereocenters. The third-order valence-corrected chi connectivity index (χ3v) is 4.29. The lowest BCUT2D eigenvalue weighted by atomic mass is 10.1. The van der Waals surface area contributed by atoms with Crippen molar-refractivity contribution >= 4 is 11.7 Å². The highest BCUT2D eigenvalue weighted by Crippen LogP contribution is 2.32. The summed E-state index contributed by atoms with van der Waals surface area (Å²) in [5, 5.41) is 9.58. The van der Waals surface area contributed by atoms with Crippen molar-refractivity contribution in [2.24, 2.45) is 0 Å². The normalized spacial score (nSPS) is 10.8. The number of carbonyl (C=O) groups excluding carboxylic acids is 1. The van der Waals surface area contributed by atoms with Crippen LogP contribution in [0.3, 0.4) is 0 Å². The molecule has 1 amide bonds. The fraction of sp³-hybridized carbons (Fsp3) is 0.136. The number of anilines is 1. The zero-order valence-corrected chi connectivity index (χ0v) is 15.5. The summed E-state index contributed by atoms with van der Waals surface area (Å²) in [6.45, 7) is 1.88. The van der Waals surface area contributed by atoms with Gasteiger partial charge >= 0.3 is 0 Å². The number of carbonyl (C=O) groups is 1. The van der Waals surface area contributed by atoms with Gasteiger partial charge in [-0.1, -0.05) is 60.7 Å². The molecular formula is C22H20N4O2. The highest BCUT2D eigenvalue weighted by Gasteiger charge is 2.17. The number of aryl methyl sites for hydroxylation is 2. The van der Waals surface area contributed by atoms with E-state index in [1.54, 1.807) is 6.07 Å². The van der Waals surface area contributed by atoms with Crippen molar-refractivity contribution in [3.8, 4) is 22.6 Å². The molecule has 0 fully saturated rings. The van der Waals surface area contributed by atoms with E-state index in [4.69, 9.17) is 4.42 Å². The SMILES string of the molecule is Cc1cc(NC(=O)CCc2nc(-c3ccccc3)c(-c3ccccc3)o2)n[nH]1. The van der Waals surface area contributed by atoms with Gasteiger partial charge in [-0.3, -0.25) is 9.89 Å². The number of benzene rings is 2. The topological polar surface area (TPSA) is 83.8 Å². The van der Waals surface area contributed by atoms with Crippen molar-refractivity contribution in [3.63, 3.8) is 0 Å². The molecule has 2 N–H and O–H groups in total. The first-order chi connectivity index (χ1) is 13.7. The number of nitrogens with zero attached hydrogens (tertiary/aromatic N) is 2. The quantitative estimate of drug-likeness (QED) is 0.518. The first kappa shape index (κ1) is 17.7. The molecule has 140 valence electrons. The lowest BCUT2D eigenvalue weighted by molar-refractivity contribution is -0.116. The van der Waals surface area contributed by atoms with E-state index in [2.05, 4.69) is 20.5 Å². The van der Waals surface area contributed by atoms with E-state index in [-0.39, 0.29) is 12.3 Å². The Bertz CT molecular complexity index is 1010. The van der Waals surface area contributed by atoms with Crippen molar-refractivity contribution in [2.45, 2.75) is 19.8 Å². The molecule has 6 nitrogen and oxygen atoms in total. The van der Waals surface area contributed by atoms with Crippen LogP contribution >= 0.6 is 0 Å². The average Bonchev–Trinajstić information content (AvgIpc) is 3.34. The molecule has 4 aromatic rings.